The average Bonchev–Trinajstić information content (AvgIpc) is 3.11. The van der Waals surface area contributed by atoms with Crippen LogP contribution in [-0.4, -0.2) is 34.1 Å². The number of hydrogen-bond acceptors (Lipinski definition) is 3. The normalized spacial score (nSPS) is 11.4. The van der Waals surface area contributed by atoms with Crippen LogP contribution in [0, 0.1) is 0 Å². The SMILES string of the molecule is CC(C)(C)NCCCNC(=O)Cn1cnc(-c2ccccc2)c1-c1ccccc1. The van der Waals surface area contributed by atoms with Gasteiger partial charge < -0.3 is 15.2 Å². The highest BCUT2D eigenvalue weighted by atomic mass is 16.1. The van der Waals surface area contributed by atoms with E-state index in [-0.39, 0.29) is 18.0 Å². The van der Waals surface area contributed by atoms with Crippen molar-refractivity contribution in [3.63, 3.8) is 0 Å². The Morgan fingerprint density at radius 3 is 2.17 bits per heavy atom. The maximum atomic E-state index is 12.5. The number of aromatic nitrogens is 2. The zero-order valence-corrected chi connectivity index (χ0v) is 17.5. The van der Waals surface area contributed by atoms with Crippen molar-refractivity contribution in [3.8, 4) is 22.5 Å². The molecule has 2 N–H and O–H groups in total. The number of benzene rings is 2. The fourth-order valence-electron chi connectivity index (χ4n) is 3.20. The minimum absolute atomic E-state index is 0.00467. The molecular weight excluding hydrogens is 360 g/mol. The molecule has 0 aliphatic rings. The predicted octanol–water partition coefficient (Wildman–Crippen LogP) is 4.11. The van der Waals surface area contributed by atoms with Crippen LogP contribution >= 0.6 is 0 Å². The zero-order valence-electron chi connectivity index (χ0n) is 17.5. The molecule has 0 spiro atoms. The van der Waals surface area contributed by atoms with Crippen molar-refractivity contribution in [2.24, 2.45) is 0 Å². The first-order chi connectivity index (χ1) is 13.9. The van der Waals surface area contributed by atoms with E-state index in [9.17, 15) is 4.79 Å². The molecule has 0 radical (unpaired) electrons. The molecule has 0 saturated heterocycles. The third kappa shape index (κ3) is 6.03. The van der Waals surface area contributed by atoms with Gasteiger partial charge in [0, 0.05) is 23.2 Å². The van der Waals surface area contributed by atoms with E-state index in [2.05, 4.69) is 48.5 Å². The molecule has 0 atom stereocenters. The molecule has 0 aliphatic heterocycles. The van der Waals surface area contributed by atoms with Crippen LogP contribution in [0.25, 0.3) is 22.5 Å². The maximum Gasteiger partial charge on any atom is 0.239 e. The van der Waals surface area contributed by atoms with Crippen molar-refractivity contribution < 1.29 is 4.79 Å². The van der Waals surface area contributed by atoms with Crippen molar-refractivity contribution in [2.45, 2.75) is 39.3 Å². The number of amides is 1. The van der Waals surface area contributed by atoms with Gasteiger partial charge in [-0.15, -0.1) is 0 Å². The number of nitrogens with zero attached hydrogens (tertiary/aromatic N) is 2. The molecule has 3 aromatic rings. The molecule has 152 valence electrons. The van der Waals surface area contributed by atoms with Crippen LogP contribution in [0.1, 0.15) is 27.2 Å². The van der Waals surface area contributed by atoms with Gasteiger partial charge in [0.25, 0.3) is 0 Å². The first-order valence-electron chi connectivity index (χ1n) is 10.1. The summed E-state index contributed by atoms with van der Waals surface area (Å²) in [5.74, 6) is -0.00467. The van der Waals surface area contributed by atoms with Crippen LogP contribution in [0.15, 0.2) is 67.0 Å². The summed E-state index contributed by atoms with van der Waals surface area (Å²) in [7, 11) is 0. The van der Waals surface area contributed by atoms with Crippen molar-refractivity contribution in [1.29, 1.82) is 0 Å². The maximum absolute atomic E-state index is 12.5. The fourth-order valence-corrected chi connectivity index (χ4v) is 3.20. The molecule has 5 heteroatoms. The molecule has 2 aromatic carbocycles. The topological polar surface area (TPSA) is 58.9 Å². The highest BCUT2D eigenvalue weighted by molar-refractivity contribution is 5.81. The molecule has 3 rings (SSSR count). The quantitative estimate of drug-likeness (QED) is 0.569. The average molecular weight is 391 g/mol. The van der Waals surface area contributed by atoms with Crippen LogP contribution in [0.3, 0.4) is 0 Å². The second kappa shape index (κ2) is 9.52. The fraction of sp³-hybridized carbons (Fsp3) is 0.333. The van der Waals surface area contributed by atoms with Gasteiger partial charge in [0.05, 0.1) is 17.7 Å². The molecule has 1 amide bonds. The summed E-state index contributed by atoms with van der Waals surface area (Å²) in [6, 6.07) is 20.2. The Hall–Kier alpha value is -2.92. The van der Waals surface area contributed by atoms with Gasteiger partial charge in [0.2, 0.25) is 5.91 Å². The molecule has 0 aliphatic carbocycles. The molecule has 29 heavy (non-hydrogen) atoms. The lowest BCUT2D eigenvalue weighted by Gasteiger charge is -2.20. The van der Waals surface area contributed by atoms with E-state index in [1.165, 1.54) is 0 Å². The van der Waals surface area contributed by atoms with Gasteiger partial charge in [-0.2, -0.15) is 0 Å². The van der Waals surface area contributed by atoms with Crippen LogP contribution in [0.5, 0.6) is 0 Å². The standard InChI is InChI=1S/C24H30N4O/c1-24(2,3)27-16-10-15-25-21(29)17-28-18-26-22(19-11-6-4-7-12-19)23(28)20-13-8-5-9-14-20/h4-9,11-14,18,27H,10,15-17H2,1-3H3,(H,25,29). The monoisotopic (exact) mass is 390 g/mol. The Bertz CT molecular complexity index is 911. The number of nitrogens with one attached hydrogen (secondary N) is 2. The van der Waals surface area contributed by atoms with E-state index < -0.39 is 0 Å². The molecule has 0 fully saturated rings. The van der Waals surface area contributed by atoms with Gasteiger partial charge in [-0.05, 0) is 33.7 Å². The van der Waals surface area contributed by atoms with Gasteiger partial charge in [-0.3, -0.25) is 4.79 Å². The molecule has 0 saturated carbocycles. The number of imidazole rings is 1. The molecule has 1 aromatic heterocycles. The lowest BCUT2D eigenvalue weighted by atomic mass is 10.0. The Morgan fingerprint density at radius 1 is 0.931 bits per heavy atom. The summed E-state index contributed by atoms with van der Waals surface area (Å²) in [5, 5.41) is 6.45. The van der Waals surface area contributed by atoms with Crippen LogP contribution in [-0.2, 0) is 11.3 Å². The van der Waals surface area contributed by atoms with E-state index >= 15 is 0 Å². The second-order valence-corrected chi connectivity index (χ2v) is 8.18. The van der Waals surface area contributed by atoms with E-state index in [1.807, 2.05) is 53.1 Å². The van der Waals surface area contributed by atoms with Crippen LogP contribution in [0.4, 0.5) is 0 Å². The lowest BCUT2D eigenvalue weighted by molar-refractivity contribution is -0.121. The van der Waals surface area contributed by atoms with Gasteiger partial charge in [0.1, 0.15) is 6.54 Å². The predicted molar refractivity (Wildman–Crippen MR) is 118 cm³/mol. The number of hydrogen-bond donors (Lipinski definition) is 2. The van der Waals surface area contributed by atoms with Crippen molar-refractivity contribution in [2.75, 3.05) is 13.1 Å². The largest absolute Gasteiger partial charge is 0.355 e. The summed E-state index contributed by atoms with van der Waals surface area (Å²) < 4.78 is 1.93. The summed E-state index contributed by atoms with van der Waals surface area (Å²) in [6.07, 6.45) is 2.65. The number of carbonyl (C=O) groups is 1. The third-order valence-electron chi connectivity index (χ3n) is 4.58. The Morgan fingerprint density at radius 2 is 1.55 bits per heavy atom. The van der Waals surface area contributed by atoms with Crippen molar-refractivity contribution in [3.05, 3.63) is 67.0 Å². The first-order valence-corrected chi connectivity index (χ1v) is 10.1. The summed E-state index contributed by atoms with van der Waals surface area (Å²) >= 11 is 0. The van der Waals surface area contributed by atoms with E-state index in [4.69, 9.17) is 0 Å². The summed E-state index contributed by atoms with van der Waals surface area (Å²) in [5.41, 5.74) is 4.03. The van der Waals surface area contributed by atoms with Gasteiger partial charge >= 0.3 is 0 Å². The molecule has 0 bridgehead atoms. The van der Waals surface area contributed by atoms with E-state index in [0.717, 1.165) is 35.5 Å². The number of carbonyl (C=O) groups excluding carboxylic acids is 1. The third-order valence-corrected chi connectivity index (χ3v) is 4.58. The number of rotatable bonds is 8. The Kier molecular flexibility index (Phi) is 6.83. The van der Waals surface area contributed by atoms with Gasteiger partial charge in [0.15, 0.2) is 0 Å². The molecule has 0 unspecified atom stereocenters. The van der Waals surface area contributed by atoms with E-state index in [0.29, 0.717) is 6.54 Å². The smallest absolute Gasteiger partial charge is 0.239 e. The minimum atomic E-state index is -0.00467. The van der Waals surface area contributed by atoms with Crippen LogP contribution in [0.2, 0.25) is 0 Å². The second-order valence-electron chi connectivity index (χ2n) is 8.18. The zero-order chi connectivity index (χ0) is 20.7. The highest BCUT2D eigenvalue weighted by Crippen LogP contribution is 2.30. The molecule has 5 nitrogen and oxygen atoms in total. The highest BCUT2D eigenvalue weighted by Gasteiger charge is 2.16. The Labute approximate surface area is 173 Å². The Balaban J connectivity index is 1.71. The molecule has 1 heterocycles. The van der Waals surface area contributed by atoms with E-state index in [1.54, 1.807) is 6.33 Å². The first kappa shape index (κ1) is 20.8. The summed E-state index contributed by atoms with van der Waals surface area (Å²) in [4.78, 5) is 17.1. The van der Waals surface area contributed by atoms with Gasteiger partial charge in [-0.1, -0.05) is 60.7 Å². The molecular formula is C24H30N4O. The van der Waals surface area contributed by atoms with Crippen molar-refractivity contribution in [1.82, 2.24) is 20.2 Å². The minimum Gasteiger partial charge on any atom is -0.355 e. The van der Waals surface area contributed by atoms with Gasteiger partial charge in [-0.25, -0.2) is 4.98 Å². The lowest BCUT2D eigenvalue weighted by Crippen LogP contribution is -2.38. The van der Waals surface area contributed by atoms with Crippen LogP contribution < -0.4 is 10.6 Å². The summed E-state index contributed by atoms with van der Waals surface area (Å²) in [6.45, 7) is 8.20. The van der Waals surface area contributed by atoms with Crippen molar-refractivity contribution >= 4 is 5.91 Å².